The van der Waals surface area contributed by atoms with Crippen LogP contribution in [-0.4, -0.2) is 71.8 Å². The van der Waals surface area contributed by atoms with Gasteiger partial charge in [0.2, 0.25) is 0 Å². The molecule has 0 spiro atoms. The van der Waals surface area contributed by atoms with Gasteiger partial charge in [-0.25, -0.2) is 0 Å². The van der Waals surface area contributed by atoms with E-state index in [0.29, 0.717) is 0 Å². The van der Waals surface area contributed by atoms with Crippen molar-refractivity contribution in [2.75, 3.05) is 0 Å². The maximum atomic E-state index is 0. The molecule has 0 aromatic rings. The van der Waals surface area contributed by atoms with E-state index in [2.05, 4.69) is 0 Å². The van der Waals surface area contributed by atoms with Gasteiger partial charge >= 0.3 is 0 Å². The van der Waals surface area contributed by atoms with Crippen LogP contribution in [0.2, 0.25) is 0 Å². The summed E-state index contributed by atoms with van der Waals surface area (Å²) < 4.78 is 0. The first kappa shape index (κ1) is 43.3. The summed E-state index contributed by atoms with van der Waals surface area (Å²) >= 11 is 0. The molecule has 1 atom stereocenters. The molecule has 5 heavy (non-hydrogen) atoms. The molecule has 0 heterocycles. The largest absolute Gasteiger partial charge is 0.197 e. The second kappa shape index (κ2) is 27.9. The quantitative estimate of drug-likeness (QED) is 0.316. The van der Waals surface area contributed by atoms with Gasteiger partial charge in [-0.15, -0.1) is 0 Å². The molecule has 5 heteroatoms. The van der Waals surface area contributed by atoms with E-state index in [1.54, 1.807) is 0 Å². The predicted octanol–water partition coefficient (Wildman–Crippen LogP) is -0.972. The van der Waals surface area contributed by atoms with E-state index >= 15 is 0 Å². The van der Waals surface area contributed by atoms with E-state index in [1.165, 1.54) is 0 Å². The monoisotopic (exact) mass is 160 g/mol. The topological polar surface area (TPSA) is 0 Å². The number of hydrogen-bond acceptors (Lipinski definition) is 0. The SMILES string of the molecule is P.S.[Ca].[Mg].[Si]. The maximum Gasteiger partial charge on any atom is 0 e. The Bertz CT molecular complexity index is 11.6. The van der Waals surface area contributed by atoms with Gasteiger partial charge in [0.1, 0.15) is 0 Å². The van der Waals surface area contributed by atoms with E-state index in [0.717, 1.165) is 0 Å². The fourth-order valence-corrected chi connectivity index (χ4v) is 0. The molecule has 8 radical (unpaired) electrons. The van der Waals surface area contributed by atoms with Gasteiger partial charge in [0, 0.05) is 71.8 Å². The average molecular weight is 161 g/mol. The Labute approximate surface area is 93.5 Å². The predicted molar refractivity (Wildman–Crippen MR) is 38.7 cm³/mol. The Morgan fingerprint density at radius 2 is 1.00 bits per heavy atom. The second-order valence-electron chi connectivity index (χ2n) is 0. The van der Waals surface area contributed by atoms with Crippen LogP contribution < -0.4 is 0 Å². The molecule has 24 valence electrons. The molecule has 0 aromatic heterocycles. The standard InChI is InChI=1S/Ca.Mg.H3P.H2S.Si/h;;1H3;1H2;. The van der Waals surface area contributed by atoms with Crippen molar-refractivity contribution in [3.63, 3.8) is 0 Å². The van der Waals surface area contributed by atoms with Gasteiger partial charge in [-0.05, 0) is 0 Å². The van der Waals surface area contributed by atoms with Crippen molar-refractivity contribution >= 4 is 95.2 Å². The molecule has 0 aliphatic carbocycles. The Hall–Kier alpha value is 3.02. The molecule has 0 aliphatic rings. The van der Waals surface area contributed by atoms with Gasteiger partial charge in [-0.2, -0.15) is 23.4 Å². The van der Waals surface area contributed by atoms with E-state index in [4.69, 9.17) is 0 Å². The fraction of sp³-hybridized carbons (Fsp3) is 0. The normalized spacial score (nSPS) is 0. The van der Waals surface area contributed by atoms with Crippen LogP contribution in [0, 0.1) is 0 Å². The van der Waals surface area contributed by atoms with Crippen molar-refractivity contribution < 1.29 is 0 Å². The third-order valence-electron chi connectivity index (χ3n) is 0. The zero-order valence-corrected chi connectivity index (χ0v) is 10.2. The molecule has 0 nitrogen and oxygen atoms in total. The summed E-state index contributed by atoms with van der Waals surface area (Å²) in [5.74, 6) is 0. The summed E-state index contributed by atoms with van der Waals surface area (Å²) in [4.78, 5) is 0. The fourth-order valence-electron chi connectivity index (χ4n) is 0. The van der Waals surface area contributed by atoms with E-state index < -0.39 is 0 Å². The van der Waals surface area contributed by atoms with Gasteiger partial charge in [-0.3, -0.25) is 0 Å². The molecular formula is H5CaMgPSSi. The first-order valence-corrected chi connectivity index (χ1v) is 0. The van der Waals surface area contributed by atoms with Crippen molar-refractivity contribution in [1.29, 1.82) is 0 Å². The van der Waals surface area contributed by atoms with E-state index in [-0.39, 0.29) is 95.2 Å². The molecule has 0 N–H and O–H groups in total. The van der Waals surface area contributed by atoms with Gasteiger partial charge in [0.15, 0.2) is 0 Å². The van der Waals surface area contributed by atoms with Crippen molar-refractivity contribution in [2.45, 2.75) is 0 Å². The molecule has 0 rings (SSSR count). The summed E-state index contributed by atoms with van der Waals surface area (Å²) in [6.07, 6.45) is 0. The summed E-state index contributed by atoms with van der Waals surface area (Å²) in [6.45, 7) is 0. The Kier molecular flexibility index (Phi) is 241. The summed E-state index contributed by atoms with van der Waals surface area (Å²) in [7, 11) is 0. The average Bonchev–Trinajstić information content (AvgIpc) is 0. The number of rotatable bonds is 0. The molecule has 0 saturated heterocycles. The third-order valence-corrected chi connectivity index (χ3v) is 0. The molecule has 0 saturated carbocycles. The summed E-state index contributed by atoms with van der Waals surface area (Å²) in [6, 6.07) is 0. The first-order chi connectivity index (χ1) is 0. The van der Waals surface area contributed by atoms with Crippen LogP contribution >= 0.6 is 23.4 Å². The molecule has 0 aromatic carbocycles. The zero-order valence-electron chi connectivity index (χ0n) is 3.12. The van der Waals surface area contributed by atoms with Crippen molar-refractivity contribution in [1.82, 2.24) is 0 Å². The van der Waals surface area contributed by atoms with Crippen molar-refractivity contribution in [2.24, 2.45) is 0 Å². The van der Waals surface area contributed by atoms with E-state index in [9.17, 15) is 0 Å². The van der Waals surface area contributed by atoms with E-state index in [1.807, 2.05) is 0 Å². The minimum Gasteiger partial charge on any atom is -0.197 e. The minimum absolute atomic E-state index is 0. The van der Waals surface area contributed by atoms with Crippen molar-refractivity contribution in [3.8, 4) is 0 Å². The van der Waals surface area contributed by atoms with Crippen LogP contribution in [0.5, 0.6) is 0 Å². The first-order valence-electron chi connectivity index (χ1n) is 0. The van der Waals surface area contributed by atoms with Crippen LogP contribution in [0.3, 0.4) is 0 Å². The van der Waals surface area contributed by atoms with Crippen LogP contribution in [0.15, 0.2) is 0 Å². The summed E-state index contributed by atoms with van der Waals surface area (Å²) in [5, 5.41) is 0. The molecule has 0 aliphatic heterocycles. The third kappa shape index (κ3) is 19.4. The molecule has 0 fully saturated rings. The Balaban J connectivity index is 0. The van der Waals surface area contributed by atoms with Crippen LogP contribution in [0.1, 0.15) is 0 Å². The van der Waals surface area contributed by atoms with Gasteiger partial charge in [-0.1, -0.05) is 0 Å². The smallest absolute Gasteiger partial charge is 0 e. The molecular weight excluding hydrogens is 156 g/mol. The van der Waals surface area contributed by atoms with Crippen LogP contribution in [0.4, 0.5) is 0 Å². The van der Waals surface area contributed by atoms with Crippen molar-refractivity contribution in [3.05, 3.63) is 0 Å². The Morgan fingerprint density at radius 1 is 1.00 bits per heavy atom. The summed E-state index contributed by atoms with van der Waals surface area (Å²) in [5.41, 5.74) is 0. The zero-order chi connectivity index (χ0) is 0. The van der Waals surface area contributed by atoms with Gasteiger partial charge in [0.05, 0.1) is 0 Å². The number of hydrogen-bond donors (Lipinski definition) is 0. The van der Waals surface area contributed by atoms with Crippen LogP contribution in [0.25, 0.3) is 0 Å². The molecule has 0 bridgehead atoms. The van der Waals surface area contributed by atoms with Crippen LogP contribution in [-0.2, 0) is 0 Å². The maximum absolute atomic E-state index is 0. The van der Waals surface area contributed by atoms with Gasteiger partial charge in [0.25, 0.3) is 0 Å². The second-order valence-corrected chi connectivity index (χ2v) is 0. The minimum atomic E-state index is 0. The van der Waals surface area contributed by atoms with Gasteiger partial charge < -0.3 is 0 Å². The molecule has 0 amide bonds. The Morgan fingerprint density at radius 3 is 1.00 bits per heavy atom. The molecule has 1 unspecified atom stereocenters.